The average Bonchev–Trinajstić information content (AvgIpc) is 2.87. The number of morpholine rings is 1. The summed E-state index contributed by atoms with van der Waals surface area (Å²) < 4.78 is 5.84. The number of rotatable bonds is 4. The molecule has 2 aliphatic heterocycles. The number of nitrogens with zero attached hydrogens (tertiary/aromatic N) is 3. The van der Waals surface area contributed by atoms with Gasteiger partial charge in [-0.2, -0.15) is 0 Å². The summed E-state index contributed by atoms with van der Waals surface area (Å²) in [6, 6.07) is 26.7. The number of hydrogen-bond donors (Lipinski definition) is 0. The van der Waals surface area contributed by atoms with Gasteiger partial charge in [-0.25, -0.2) is 0 Å². The summed E-state index contributed by atoms with van der Waals surface area (Å²) in [5.41, 5.74) is 5.36. The molecule has 2 saturated heterocycles. The Morgan fingerprint density at radius 1 is 0.758 bits per heavy atom. The van der Waals surface area contributed by atoms with Crippen LogP contribution in [0.25, 0.3) is 17.2 Å². The first-order valence-corrected chi connectivity index (χ1v) is 11.5. The van der Waals surface area contributed by atoms with Gasteiger partial charge in [0.05, 0.1) is 6.54 Å². The third-order valence-electron chi connectivity index (χ3n) is 6.38. The molecule has 0 unspecified atom stereocenters. The van der Waals surface area contributed by atoms with Crippen LogP contribution in [0.4, 0.5) is 11.4 Å². The molecular formula is C28H29N3O2. The van der Waals surface area contributed by atoms with Gasteiger partial charge >= 0.3 is 0 Å². The van der Waals surface area contributed by atoms with Crippen molar-refractivity contribution >= 4 is 23.4 Å². The number of amides is 1. The van der Waals surface area contributed by atoms with Gasteiger partial charge in [-0.15, -0.1) is 0 Å². The van der Waals surface area contributed by atoms with Crippen molar-refractivity contribution in [3.63, 3.8) is 0 Å². The molecular weight excluding hydrogens is 410 g/mol. The molecule has 0 aromatic heterocycles. The molecule has 0 spiro atoms. The van der Waals surface area contributed by atoms with Crippen molar-refractivity contribution in [2.45, 2.75) is 0 Å². The molecule has 2 heterocycles. The van der Waals surface area contributed by atoms with Crippen LogP contribution in [0.1, 0.15) is 5.56 Å². The fraction of sp³-hybridized carbons (Fsp3) is 0.250. The Balaban J connectivity index is 1.38. The molecule has 2 fully saturated rings. The minimum atomic E-state index is -0.0955. The van der Waals surface area contributed by atoms with Crippen LogP contribution in [-0.4, -0.2) is 57.2 Å². The van der Waals surface area contributed by atoms with Crippen LogP contribution >= 0.6 is 0 Å². The number of carbonyl (C=O) groups is 1. The number of piperazine rings is 1. The van der Waals surface area contributed by atoms with Crippen LogP contribution in [0, 0.1) is 0 Å². The zero-order valence-corrected chi connectivity index (χ0v) is 19.0. The van der Waals surface area contributed by atoms with Crippen LogP contribution in [0.2, 0.25) is 0 Å². The van der Waals surface area contributed by atoms with E-state index in [2.05, 4.69) is 59.3 Å². The zero-order valence-electron chi connectivity index (χ0n) is 19.0. The Hall–Kier alpha value is -3.57. The Morgan fingerprint density at radius 2 is 1.42 bits per heavy atom. The first kappa shape index (κ1) is 21.3. The lowest BCUT2D eigenvalue weighted by Gasteiger charge is -2.35. The number of carbonyl (C=O) groups excluding carboxylic acids is 1. The fourth-order valence-corrected chi connectivity index (χ4v) is 4.44. The van der Waals surface area contributed by atoms with Gasteiger partial charge in [0.1, 0.15) is 6.61 Å². The normalized spacial score (nSPS) is 18.5. The third-order valence-corrected chi connectivity index (χ3v) is 6.38. The van der Waals surface area contributed by atoms with Gasteiger partial charge in [-0.05, 0) is 42.4 Å². The highest BCUT2D eigenvalue weighted by atomic mass is 16.5. The first-order chi connectivity index (χ1) is 16.2. The molecule has 3 aromatic carbocycles. The summed E-state index contributed by atoms with van der Waals surface area (Å²) in [7, 11) is 2.15. The van der Waals surface area contributed by atoms with Crippen molar-refractivity contribution in [2.75, 3.05) is 56.2 Å². The van der Waals surface area contributed by atoms with Crippen LogP contribution < -0.4 is 9.80 Å². The third kappa shape index (κ3) is 4.64. The SMILES string of the molecule is CN1CCN(c2ccccc2C=C2OCCN(c3ccc(-c4ccccc4)cc3)C2=O)CC1. The summed E-state index contributed by atoms with van der Waals surface area (Å²) >= 11 is 0. The van der Waals surface area contributed by atoms with E-state index in [4.69, 9.17) is 4.74 Å². The highest BCUT2D eigenvalue weighted by Gasteiger charge is 2.27. The van der Waals surface area contributed by atoms with E-state index >= 15 is 0 Å². The topological polar surface area (TPSA) is 36.0 Å². The van der Waals surface area contributed by atoms with Crippen LogP contribution in [0.15, 0.2) is 84.6 Å². The molecule has 1 amide bonds. The van der Waals surface area contributed by atoms with Crippen molar-refractivity contribution in [3.8, 4) is 11.1 Å². The highest BCUT2D eigenvalue weighted by Crippen LogP contribution is 2.28. The monoisotopic (exact) mass is 439 g/mol. The lowest BCUT2D eigenvalue weighted by atomic mass is 10.1. The standard InChI is InChI=1S/C28H29N3O2/c1-29-15-17-30(18-16-29)26-10-6-5-9-24(26)21-27-28(32)31(19-20-33-27)25-13-11-23(12-14-25)22-7-3-2-4-8-22/h2-14,21H,15-20H2,1H3. The highest BCUT2D eigenvalue weighted by molar-refractivity contribution is 6.08. The maximum Gasteiger partial charge on any atom is 0.293 e. The number of para-hydroxylation sites is 1. The summed E-state index contributed by atoms with van der Waals surface area (Å²) in [6.07, 6.45) is 1.90. The van der Waals surface area contributed by atoms with Gasteiger partial charge in [-0.1, -0.05) is 60.7 Å². The van der Waals surface area contributed by atoms with E-state index in [0.717, 1.165) is 48.7 Å². The summed E-state index contributed by atoms with van der Waals surface area (Å²) in [5.74, 6) is 0.303. The van der Waals surface area contributed by atoms with E-state index in [1.54, 1.807) is 0 Å². The van der Waals surface area contributed by atoms with Crippen LogP contribution in [-0.2, 0) is 9.53 Å². The second-order valence-corrected chi connectivity index (χ2v) is 8.58. The molecule has 0 radical (unpaired) electrons. The van der Waals surface area contributed by atoms with E-state index in [9.17, 15) is 4.79 Å². The average molecular weight is 440 g/mol. The fourth-order valence-electron chi connectivity index (χ4n) is 4.44. The van der Waals surface area contributed by atoms with Gasteiger partial charge in [0.25, 0.3) is 5.91 Å². The van der Waals surface area contributed by atoms with Gasteiger partial charge in [0.2, 0.25) is 0 Å². The van der Waals surface area contributed by atoms with Crippen molar-refractivity contribution in [1.29, 1.82) is 0 Å². The number of anilines is 2. The van der Waals surface area contributed by atoms with E-state index in [1.165, 1.54) is 5.56 Å². The molecule has 3 aromatic rings. The second kappa shape index (κ2) is 9.51. The molecule has 0 saturated carbocycles. The molecule has 0 atom stereocenters. The molecule has 5 heteroatoms. The predicted octanol–water partition coefficient (Wildman–Crippen LogP) is 4.51. The van der Waals surface area contributed by atoms with Gasteiger partial charge in [0.15, 0.2) is 5.76 Å². The van der Waals surface area contributed by atoms with Crippen molar-refractivity contribution in [3.05, 3.63) is 90.2 Å². The van der Waals surface area contributed by atoms with Gasteiger partial charge < -0.3 is 19.4 Å². The molecule has 5 nitrogen and oxygen atoms in total. The summed E-state index contributed by atoms with van der Waals surface area (Å²) in [5, 5.41) is 0. The minimum absolute atomic E-state index is 0.0955. The van der Waals surface area contributed by atoms with E-state index < -0.39 is 0 Å². The van der Waals surface area contributed by atoms with Crippen LogP contribution in [0.3, 0.4) is 0 Å². The number of ether oxygens (including phenoxy) is 1. The number of benzene rings is 3. The molecule has 33 heavy (non-hydrogen) atoms. The smallest absolute Gasteiger partial charge is 0.293 e. The number of hydrogen-bond acceptors (Lipinski definition) is 4. The Labute approximate surface area is 195 Å². The number of likely N-dealkylation sites (N-methyl/N-ethyl adjacent to an activating group) is 1. The minimum Gasteiger partial charge on any atom is -0.486 e. The van der Waals surface area contributed by atoms with E-state index in [0.29, 0.717) is 18.9 Å². The quantitative estimate of drug-likeness (QED) is 0.561. The summed E-state index contributed by atoms with van der Waals surface area (Å²) in [4.78, 5) is 19.9. The predicted molar refractivity (Wildman–Crippen MR) is 134 cm³/mol. The molecule has 0 bridgehead atoms. The summed E-state index contributed by atoms with van der Waals surface area (Å²) in [6.45, 7) is 5.05. The largest absolute Gasteiger partial charge is 0.486 e. The zero-order chi connectivity index (χ0) is 22.6. The lowest BCUT2D eigenvalue weighted by Crippen LogP contribution is -2.44. The van der Waals surface area contributed by atoms with Gasteiger partial charge in [-0.3, -0.25) is 4.79 Å². The maximum atomic E-state index is 13.3. The van der Waals surface area contributed by atoms with Crippen molar-refractivity contribution < 1.29 is 9.53 Å². The lowest BCUT2D eigenvalue weighted by molar-refractivity contribution is -0.120. The van der Waals surface area contributed by atoms with Crippen LogP contribution in [0.5, 0.6) is 0 Å². The van der Waals surface area contributed by atoms with E-state index in [1.807, 2.05) is 47.4 Å². The second-order valence-electron chi connectivity index (χ2n) is 8.58. The first-order valence-electron chi connectivity index (χ1n) is 11.5. The van der Waals surface area contributed by atoms with Gasteiger partial charge in [0, 0.05) is 43.1 Å². The molecule has 0 N–H and O–H groups in total. The van der Waals surface area contributed by atoms with Crippen molar-refractivity contribution in [1.82, 2.24) is 4.90 Å². The Morgan fingerprint density at radius 3 is 2.18 bits per heavy atom. The Kier molecular flexibility index (Phi) is 6.13. The maximum absolute atomic E-state index is 13.3. The Bertz CT molecular complexity index is 1130. The molecule has 0 aliphatic carbocycles. The van der Waals surface area contributed by atoms with E-state index in [-0.39, 0.29) is 5.91 Å². The van der Waals surface area contributed by atoms with Crippen molar-refractivity contribution in [2.24, 2.45) is 0 Å². The molecule has 5 rings (SSSR count). The molecule has 2 aliphatic rings. The molecule has 168 valence electrons.